The van der Waals surface area contributed by atoms with E-state index in [0.717, 1.165) is 32.1 Å². The van der Waals surface area contributed by atoms with Crippen LogP contribution in [0.1, 0.15) is 39.0 Å². The molecule has 0 aromatic rings. The van der Waals surface area contributed by atoms with Gasteiger partial charge in [-0.15, -0.1) is 0 Å². The summed E-state index contributed by atoms with van der Waals surface area (Å²) in [6.45, 7) is 3.55. The van der Waals surface area contributed by atoms with Crippen LogP contribution in [0, 0.1) is 0 Å². The summed E-state index contributed by atoms with van der Waals surface area (Å²) in [6, 6.07) is -0.0956. The molecule has 6 heteroatoms. The quantitative estimate of drug-likeness (QED) is 0.742. The monoisotopic (exact) mass is 249 g/mol. The van der Waals surface area contributed by atoms with E-state index >= 15 is 0 Å². The maximum atomic E-state index is 11.9. The van der Waals surface area contributed by atoms with Crippen LogP contribution < -0.4 is 10.5 Å². The van der Waals surface area contributed by atoms with Crippen molar-refractivity contribution < 1.29 is 8.42 Å². The Bertz CT molecular complexity index is 284. The fourth-order valence-corrected chi connectivity index (χ4v) is 3.08. The molecule has 0 amide bonds. The maximum absolute atomic E-state index is 11.9. The highest BCUT2D eigenvalue weighted by Crippen LogP contribution is 2.12. The second-order valence-corrected chi connectivity index (χ2v) is 6.09. The van der Waals surface area contributed by atoms with Crippen LogP contribution >= 0.6 is 0 Å². The van der Waals surface area contributed by atoms with E-state index in [0.29, 0.717) is 19.6 Å². The van der Waals surface area contributed by atoms with Gasteiger partial charge in [0, 0.05) is 25.7 Å². The minimum absolute atomic E-state index is 0.0956. The average molecular weight is 249 g/mol. The molecule has 5 nitrogen and oxygen atoms in total. The molecule has 1 aliphatic heterocycles. The number of hydrogen-bond donors (Lipinski definition) is 2. The Morgan fingerprint density at radius 1 is 1.25 bits per heavy atom. The molecule has 0 aliphatic carbocycles. The third-order valence-corrected chi connectivity index (χ3v) is 4.53. The second kappa shape index (κ2) is 6.54. The number of nitrogens with one attached hydrogen (secondary N) is 1. The van der Waals surface area contributed by atoms with Crippen molar-refractivity contribution in [2.75, 3.05) is 19.6 Å². The third kappa shape index (κ3) is 4.37. The van der Waals surface area contributed by atoms with Crippen LogP contribution in [0.25, 0.3) is 0 Å². The molecule has 1 rings (SSSR count). The fraction of sp³-hybridized carbons (Fsp3) is 1.00. The Morgan fingerprint density at radius 3 is 2.31 bits per heavy atom. The molecule has 0 aromatic heterocycles. The summed E-state index contributed by atoms with van der Waals surface area (Å²) in [5.74, 6) is 0. The highest BCUT2D eigenvalue weighted by Gasteiger charge is 2.22. The summed E-state index contributed by atoms with van der Waals surface area (Å²) in [5.41, 5.74) is 5.70. The molecule has 1 atom stereocenters. The van der Waals surface area contributed by atoms with E-state index < -0.39 is 10.2 Å². The van der Waals surface area contributed by atoms with Crippen molar-refractivity contribution in [1.82, 2.24) is 9.03 Å². The zero-order valence-corrected chi connectivity index (χ0v) is 10.8. The minimum Gasteiger partial charge on any atom is -0.327 e. The van der Waals surface area contributed by atoms with E-state index in [1.807, 2.05) is 6.92 Å². The normalized spacial score (nSPS) is 21.6. The van der Waals surface area contributed by atoms with Crippen molar-refractivity contribution in [3.63, 3.8) is 0 Å². The van der Waals surface area contributed by atoms with Gasteiger partial charge in [-0.1, -0.05) is 19.8 Å². The Balaban J connectivity index is 2.48. The van der Waals surface area contributed by atoms with Crippen molar-refractivity contribution in [3.8, 4) is 0 Å². The van der Waals surface area contributed by atoms with Crippen LogP contribution in [-0.4, -0.2) is 38.4 Å². The first-order valence-corrected chi connectivity index (χ1v) is 7.50. The molecule has 3 N–H and O–H groups in total. The lowest BCUT2D eigenvalue weighted by Crippen LogP contribution is -2.45. The summed E-state index contributed by atoms with van der Waals surface area (Å²) in [5, 5.41) is 0. The second-order valence-electron chi connectivity index (χ2n) is 4.34. The zero-order chi connectivity index (χ0) is 12.0. The van der Waals surface area contributed by atoms with Gasteiger partial charge < -0.3 is 5.73 Å². The SMILES string of the molecule is CCC(N)CNS(=O)(=O)N1CCCCCC1. The number of nitrogens with two attached hydrogens (primary N) is 1. The summed E-state index contributed by atoms with van der Waals surface area (Å²) in [7, 11) is -3.31. The molecular formula is C10H23N3O2S. The van der Waals surface area contributed by atoms with Gasteiger partial charge in [0.05, 0.1) is 0 Å². The van der Waals surface area contributed by atoms with E-state index in [1.54, 1.807) is 4.31 Å². The number of rotatable bonds is 5. The zero-order valence-electron chi connectivity index (χ0n) is 9.98. The van der Waals surface area contributed by atoms with Crippen LogP contribution in [0.2, 0.25) is 0 Å². The van der Waals surface area contributed by atoms with E-state index in [9.17, 15) is 8.42 Å². The molecule has 0 aromatic carbocycles. The van der Waals surface area contributed by atoms with Crippen molar-refractivity contribution in [3.05, 3.63) is 0 Å². The topological polar surface area (TPSA) is 75.4 Å². The lowest BCUT2D eigenvalue weighted by atomic mass is 10.2. The molecule has 0 spiro atoms. The van der Waals surface area contributed by atoms with Crippen LogP contribution in [0.5, 0.6) is 0 Å². The van der Waals surface area contributed by atoms with Crippen LogP contribution in [0.4, 0.5) is 0 Å². The van der Waals surface area contributed by atoms with Crippen molar-refractivity contribution in [2.45, 2.75) is 45.1 Å². The van der Waals surface area contributed by atoms with Crippen molar-refractivity contribution in [2.24, 2.45) is 5.73 Å². The smallest absolute Gasteiger partial charge is 0.279 e. The molecule has 0 saturated carbocycles. The summed E-state index contributed by atoms with van der Waals surface area (Å²) in [4.78, 5) is 0. The van der Waals surface area contributed by atoms with Crippen LogP contribution in [0.3, 0.4) is 0 Å². The predicted octanol–water partition coefficient (Wildman–Crippen LogP) is 0.434. The number of nitrogens with zero attached hydrogens (tertiary/aromatic N) is 1. The van der Waals surface area contributed by atoms with Gasteiger partial charge in [-0.25, -0.2) is 4.72 Å². The highest BCUT2D eigenvalue weighted by atomic mass is 32.2. The molecule has 1 aliphatic rings. The van der Waals surface area contributed by atoms with Gasteiger partial charge in [-0.05, 0) is 19.3 Å². The molecule has 0 radical (unpaired) electrons. The first kappa shape index (κ1) is 13.9. The van der Waals surface area contributed by atoms with E-state index in [-0.39, 0.29) is 6.04 Å². The first-order chi connectivity index (χ1) is 7.56. The Morgan fingerprint density at radius 2 is 1.81 bits per heavy atom. The van der Waals surface area contributed by atoms with Crippen LogP contribution in [0.15, 0.2) is 0 Å². The van der Waals surface area contributed by atoms with Gasteiger partial charge in [0.1, 0.15) is 0 Å². The molecule has 16 heavy (non-hydrogen) atoms. The van der Waals surface area contributed by atoms with E-state index in [2.05, 4.69) is 4.72 Å². The van der Waals surface area contributed by atoms with Gasteiger partial charge in [-0.3, -0.25) is 0 Å². The van der Waals surface area contributed by atoms with Gasteiger partial charge >= 0.3 is 0 Å². The lowest BCUT2D eigenvalue weighted by Gasteiger charge is -2.21. The Hall–Kier alpha value is -0.170. The molecular weight excluding hydrogens is 226 g/mol. The minimum atomic E-state index is -3.31. The predicted molar refractivity (Wildman–Crippen MR) is 65.2 cm³/mol. The molecule has 1 heterocycles. The van der Waals surface area contributed by atoms with Gasteiger partial charge in [0.15, 0.2) is 0 Å². The molecule has 96 valence electrons. The Labute approximate surface area is 98.6 Å². The molecule has 1 fully saturated rings. The largest absolute Gasteiger partial charge is 0.327 e. The standard InChI is InChI=1S/C10H23N3O2S/c1-2-10(11)9-12-16(14,15)13-7-5-3-4-6-8-13/h10,12H,2-9,11H2,1H3. The van der Waals surface area contributed by atoms with Crippen molar-refractivity contribution in [1.29, 1.82) is 0 Å². The molecule has 1 unspecified atom stereocenters. The third-order valence-electron chi connectivity index (χ3n) is 2.96. The van der Waals surface area contributed by atoms with Gasteiger partial charge in [0.2, 0.25) is 0 Å². The molecule has 1 saturated heterocycles. The maximum Gasteiger partial charge on any atom is 0.279 e. The van der Waals surface area contributed by atoms with Crippen LogP contribution in [-0.2, 0) is 10.2 Å². The molecule has 0 bridgehead atoms. The fourth-order valence-electron chi connectivity index (χ4n) is 1.73. The lowest BCUT2D eigenvalue weighted by molar-refractivity contribution is 0.412. The van der Waals surface area contributed by atoms with E-state index in [4.69, 9.17) is 5.73 Å². The van der Waals surface area contributed by atoms with Crippen molar-refractivity contribution >= 4 is 10.2 Å². The average Bonchev–Trinajstić information content (AvgIpc) is 2.54. The van der Waals surface area contributed by atoms with Gasteiger partial charge in [0.25, 0.3) is 10.2 Å². The Kier molecular flexibility index (Phi) is 5.68. The number of hydrogen-bond acceptors (Lipinski definition) is 3. The highest BCUT2D eigenvalue weighted by molar-refractivity contribution is 7.87. The summed E-state index contributed by atoms with van der Waals surface area (Å²) < 4.78 is 28.0. The summed E-state index contributed by atoms with van der Waals surface area (Å²) in [6.07, 6.45) is 4.95. The summed E-state index contributed by atoms with van der Waals surface area (Å²) >= 11 is 0. The first-order valence-electron chi connectivity index (χ1n) is 6.06. The van der Waals surface area contributed by atoms with Gasteiger partial charge in [-0.2, -0.15) is 12.7 Å². The van der Waals surface area contributed by atoms with E-state index in [1.165, 1.54) is 0 Å².